The van der Waals surface area contributed by atoms with Crippen LogP contribution in [0, 0.1) is 0 Å². The smallest absolute Gasteiger partial charge is 0.223 e. The number of carbonyl (C=O) groups is 1. The van der Waals surface area contributed by atoms with Crippen molar-refractivity contribution in [3.8, 4) is 0 Å². The average molecular weight is 316 g/mol. The number of hydrogen-bond acceptors (Lipinski definition) is 5. The van der Waals surface area contributed by atoms with Crippen molar-refractivity contribution in [3.63, 3.8) is 0 Å². The fourth-order valence-corrected chi connectivity index (χ4v) is 3.36. The maximum Gasteiger partial charge on any atom is 0.223 e. The molecule has 1 aliphatic rings. The Morgan fingerprint density at radius 3 is 3.14 bits per heavy atom. The zero-order valence-corrected chi connectivity index (χ0v) is 13.5. The molecule has 2 aromatic heterocycles. The van der Waals surface area contributed by atoms with E-state index in [1.807, 2.05) is 24.0 Å². The highest BCUT2D eigenvalue weighted by Crippen LogP contribution is 2.20. The molecule has 0 saturated carbocycles. The number of rotatable bonds is 5. The quantitative estimate of drug-likeness (QED) is 0.921. The molecule has 3 rings (SSSR count). The second-order valence-corrected chi connectivity index (χ2v) is 6.41. The summed E-state index contributed by atoms with van der Waals surface area (Å²) in [6.45, 7) is 4.23. The van der Waals surface area contributed by atoms with Crippen LogP contribution in [0.3, 0.4) is 0 Å². The summed E-state index contributed by atoms with van der Waals surface area (Å²) < 4.78 is 0. The molecule has 0 fully saturated rings. The molecule has 0 aliphatic carbocycles. The van der Waals surface area contributed by atoms with Gasteiger partial charge in [0.25, 0.3) is 0 Å². The number of amides is 1. The number of carbonyl (C=O) groups excluding carboxylic acids is 1. The predicted molar refractivity (Wildman–Crippen MR) is 88.0 cm³/mol. The maximum atomic E-state index is 12.4. The Morgan fingerprint density at radius 1 is 1.45 bits per heavy atom. The number of nitrogens with one attached hydrogen (secondary N) is 1. The molecule has 0 bridgehead atoms. The molecule has 1 amide bonds. The Labute approximate surface area is 134 Å². The van der Waals surface area contributed by atoms with Crippen LogP contribution in [0.5, 0.6) is 0 Å². The number of aromatic nitrogens is 2. The maximum absolute atomic E-state index is 12.4. The molecule has 5 nitrogen and oxygen atoms in total. The number of anilines is 1. The molecule has 1 aliphatic heterocycles. The van der Waals surface area contributed by atoms with E-state index in [2.05, 4.69) is 27.0 Å². The molecule has 116 valence electrons. The van der Waals surface area contributed by atoms with Gasteiger partial charge < -0.3 is 10.2 Å². The Balaban J connectivity index is 1.62. The van der Waals surface area contributed by atoms with Gasteiger partial charge >= 0.3 is 0 Å². The molecule has 0 aromatic carbocycles. The third-order valence-corrected chi connectivity index (χ3v) is 4.75. The summed E-state index contributed by atoms with van der Waals surface area (Å²) >= 11 is 1.71. The van der Waals surface area contributed by atoms with Crippen LogP contribution in [0.1, 0.15) is 29.5 Å². The van der Waals surface area contributed by atoms with Crippen LogP contribution < -0.4 is 5.32 Å². The summed E-state index contributed by atoms with van der Waals surface area (Å²) in [5.41, 5.74) is 2.13. The van der Waals surface area contributed by atoms with Crippen LogP contribution in [-0.4, -0.2) is 34.1 Å². The van der Waals surface area contributed by atoms with E-state index in [-0.39, 0.29) is 5.91 Å². The van der Waals surface area contributed by atoms with Crippen molar-refractivity contribution in [2.45, 2.75) is 32.7 Å². The summed E-state index contributed by atoms with van der Waals surface area (Å²) in [5.74, 6) is 1.01. The van der Waals surface area contributed by atoms with Gasteiger partial charge in [0.05, 0.1) is 5.69 Å². The Morgan fingerprint density at radius 2 is 2.36 bits per heavy atom. The molecule has 0 radical (unpaired) electrons. The van der Waals surface area contributed by atoms with Crippen molar-refractivity contribution < 1.29 is 4.79 Å². The molecule has 6 heteroatoms. The highest BCUT2D eigenvalue weighted by atomic mass is 32.1. The third kappa shape index (κ3) is 3.44. The standard InChI is InChI=1S/C16H20N4OS/c1-2-17-15-10-12-11-20(8-7-14(12)18-19-15)16(21)6-5-13-4-3-9-22-13/h3-4,9-10H,2,5-8,11H2,1H3,(H,17,19). The zero-order chi connectivity index (χ0) is 15.4. The molecule has 22 heavy (non-hydrogen) atoms. The fourth-order valence-electron chi connectivity index (χ4n) is 2.65. The first-order chi connectivity index (χ1) is 10.8. The lowest BCUT2D eigenvalue weighted by molar-refractivity contribution is -0.132. The first-order valence-electron chi connectivity index (χ1n) is 7.65. The minimum absolute atomic E-state index is 0.223. The van der Waals surface area contributed by atoms with Gasteiger partial charge in [-0.25, -0.2) is 0 Å². The molecule has 0 unspecified atom stereocenters. The van der Waals surface area contributed by atoms with Crippen molar-refractivity contribution in [2.24, 2.45) is 0 Å². The second kappa shape index (κ2) is 6.87. The van der Waals surface area contributed by atoms with Crippen LogP contribution >= 0.6 is 11.3 Å². The van der Waals surface area contributed by atoms with Gasteiger partial charge in [-0.05, 0) is 36.4 Å². The SMILES string of the molecule is CCNc1cc2c(nn1)CCN(C(=O)CCc1cccs1)C2. The molecule has 1 N–H and O–H groups in total. The zero-order valence-electron chi connectivity index (χ0n) is 12.7. The van der Waals surface area contributed by atoms with Gasteiger partial charge in [0.1, 0.15) is 5.82 Å². The summed E-state index contributed by atoms with van der Waals surface area (Å²) in [6, 6.07) is 6.13. The van der Waals surface area contributed by atoms with Crippen LogP contribution in [0.4, 0.5) is 5.82 Å². The van der Waals surface area contributed by atoms with Gasteiger partial charge in [0.2, 0.25) is 5.91 Å². The monoisotopic (exact) mass is 316 g/mol. The molecule has 0 atom stereocenters. The van der Waals surface area contributed by atoms with Gasteiger partial charge in [-0.2, -0.15) is 5.10 Å². The van der Waals surface area contributed by atoms with Crippen LogP contribution in [0.2, 0.25) is 0 Å². The molecule has 0 saturated heterocycles. The minimum atomic E-state index is 0.223. The summed E-state index contributed by atoms with van der Waals surface area (Å²) in [5, 5.41) is 13.7. The lowest BCUT2D eigenvalue weighted by Crippen LogP contribution is -2.36. The van der Waals surface area contributed by atoms with E-state index < -0.39 is 0 Å². The predicted octanol–water partition coefficient (Wildman–Crippen LogP) is 2.49. The van der Waals surface area contributed by atoms with Crippen LogP contribution in [-0.2, 0) is 24.2 Å². The normalized spacial score (nSPS) is 13.8. The highest BCUT2D eigenvalue weighted by molar-refractivity contribution is 7.09. The number of thiophene rings is 1. The Bertz CT molecular complexity index is 642. The van der Waals surface area contributed by atoms with Crippen molar-refractivity contribution >= 4 is 23.1 Å². The summed E-state index contributed by atoms with van der Waals surface area (Å²) in [4.78, 5) is 15.6. The number of fused-ring (bicyclic) bond motifs is 1. The summed E-state index contributed by atoms with van der Waals surface area (Å²) in [7, 11) is 0. The van der Waals surface area contributed by atoms with Crippen molar-refractivity contribution in [3.05, 3.63) is 39.7 Å². The lowest BCUT2D eigenvalue weighted by Gasteiger charge is -2.28. The largest absolute Gasteiger partial charge is 0.369 e. The Kier molecular flexibility index (Phi) is 4.68. The molecular weight excluding hydrogens is 296 g/mol. The highest BCUT2D eigenvalue weighted by Gasteiger charge is 2.22. The number of nitrogens with zero attached hydrogens (tertiary/aromatic N) is 3. The van der Waals surface area contributed by atoms with Crippen LogP contribution in [0.15, 0.2) is 23.6 Å². The van der Waals surface area contributed by atoms with E-state index in [9.17, 15) is 4.79 Å². The first kappa shape index (κ1) is 15.0. The van der Waals surface area contributed by atoms with Crippen molar-refractivity contribution in [1.82, 2.24) is 15.1 Å². The third-order valence-electron chi connectivity index (χ3n) is 3.82. The molecular formula is C16H20N4OS. The molecule has 0 spiro atoms. The lowest BCUT2D eigenvalue weighted by atomic mass is 10.1. The minimum Gasteiger partial charge on any atom is -0.369 e. The molecule has 3 heterocycles. The van der Waals surface area contributed by atoms with E-state index in [4.69, 9.17) is 0 Å². The van der Waals surface area contributed by atoms with Gasteiger partial charge in [-0.3, -0.25) is 4.79 Å². The average Bonchev–Trinajstić information content (AvgIpc) is 3.05. The van der Waals surface area contributed by atoms with E-state index in [0.717, 1.165) is 43.0 Å². The Hall–Kier alpha value is -1.95. The van der Waals surface area contributed by atoms with E-state index in [0.29, 0.717) is 13.0 Å². The molecule has 2 aromatic rings. The van der Waals surface area contributed by atoms with Gasteiger partial charge in [-0.1, -0.05) is 6.07 Å². The van der Waals surface area contributed by atoms with Gasteiger partial charge in [0, 0.05) is 37.4 Å². The van der Waals surface area contributed by atoms with E-state index in [1.54, 1.807) is 11.3 Å². The van der Waals surface area contributed by atoms with E-state index >= 15 is 0 Å². The van der Waals surface area contributed by atoms with Gasteiger partial charge in [0.15, 0.2) is 0 Å². The fraction of sp³-hybridized carbons (Fsp3) is 0.438. The van der Waals surface area contributed by atoms with Crippen LogP contribution in [0.25, 0.3) is 0 Å². The number of aryl methyl sites for hydroxylation is 1. The van der Waals surface area contributed by atoms with Crippen molar-refractivity contribution in [2.75, 3.05) is 18.4 Å². The second-order valence-electron chi connectivity index (χ2n) is 5.38. The van der Waals surface area contributed by atoms with Crippen molar-refractivity contribution in [1.29, 1.82) is 0 Å². The number of hydrogen-bond donors (Lipinski definition) is 1. The first-order valence-corrected chi connectivity index (χ1v) is 8.53. The van der Waals surface area contributed by atoms with Gasteiger partial charge in [-0.15, -0.1) is 16.4 Å². The summed E-state index contributed by atoms with van der Waals surface area (Å²) in [6.07, 6.45) is 2.20. The topological polar surface area (TPSA) is 58.1 Å². The van der Waals surface area contributed by atoms with E-state index in [1.165, 1.54) is 4.88 Å².